The molecule has 0 atom stereocenters. The summed E-state index contributed by atoms with van der Waals surface area (Å²) in [6.07, 6.45) is 4.70. The van der Waals surface area contributed by atoms with Crippen LogP contribution in [0.3, 0.4) is 0 Å². The van der Waals surface area contributed by atoms with Gasteiger partial charge in [-0.2, -0.15) is 5.10 Å². The number of aliphatic carboxylic acids is 1. The van der Waals surface area contributed by atoms with Crippen LogP contribution < -0.4 is 0 Å². The fourth-order valence-corrected chi connectivity index (χ4v) is 2.28. The SMILES string of the molecule is O=C(O)CCCc1ccc(-n2cncn2)c(Br)c1. The monoisotopic (exact) mass is 309 g/mol. The number of benzene rings is 1. The molecule has 1 heterocycles. The van der Waals surface area contributed by atoms with E-state index < -0.39 is 5.97 Å². The molecule has 0 unspecified atom stereocenters. The van der Waals surface area contributed by atoms with E-state index in [0.29, 0.717) is 6.42 Å². The first-order valence-corrected chi connectivity index (χ1v) is 6.31. The summed E-state index contributed by atoms with van der Waals surface area (Å²) >= 11 is 3.48. The zero-order valence-electron chi connectivity index (χ0n) is 9.58. The Labute approximate surface area is 113 Å². The van der Waals surface area contributed by atoms with E-state index in [2.05, 4.69) is 26.0 Å². The van der Waals surface area contributed by atoms with Gasteiger partial charge in [0, 0.05) is 10.9 Å². The number of aryl methyl sites for hydroxylation is 1. The predicted octanol–water partition coefficient (Wildman–Crippen LogP) is 2.44. The van der Waals surface area contributed by atoms with Gasteiger partial charge in [-0.3, -0.25) is 4.79 Å². The van der Waals surface area contributed by atoms with Crippen LogP contribution in [0.25, 0.3) is 5.69 Å². The molecule has 0 aliphatic carbocycles. The van der Waals surface area contributed by atoms with Crippen molar-refractivity contribution in [3.63, 3.8) is 0 Å². The summed E-state index contributed by atoms with van der Waals surface area (Å²) < 4.78 is 2.59. The highest BCUT2D eigenvalue weighted by Crippen LogP contribution is 2.22. The summed E-state index contributed by atoms with van der Waals surface area (Å²) in [6.45, 7) is 0. The summed E-state index contributed by atoms with van der Waals surface area (Å²) in [5.74, 6) is -0.756. The van der Waals surface area contributed by atoms with Crippen molar-refractivity contribution in [2.24, 2.45) is 0 Å². The summed E-state index contributed by atoms with van der Waals surface area (Å²) in [5.41, 5.74) is 2.02. The van der Waals surface area contributed by atoms with Gasteiger partial charge in [0.15, 0.2) is 0 Å². The molecule has 1 aromatic heterocycles. The molecule has 0 spiro atoms. The number of carboxylic acids is 1. The fraction of sp³-hybridized carbons (Fsp3) is 0.250. The number of nitrogens with zero attached hydrogens (tertiary/aromatic N) is 3. The average Bonchev–Trinajstić information content (AvgIpc) is 2.82. The Hall–Kier alpha value is -1.69. The molecule has 6 heteroatoms. The van der Waals surface area contributed by atoms with Crippen LogP contribution in [-0.4, -0.2) is 25.8 Å². The van der Waals surface area contributed by atoms with Crippen molar-refractivity contribution in [2.45, 2.75) is 19.3 Å². The van der Waals surface area contributed by atoms with E-state index in [9.17, 15) is 4.79 Å². The van der Waals surface area contributed by atoms with Gasteiger partial charge >= 0.3 is 5.97 Å². The molecule has 1 aromatic carbocycles. The Morgan fingerprint density at radius 1 is 1.44 bits per heavy atom. The van der Waals surface area contributed by atoms with E-state index in [1.807, 2.05) is 18.2 Å². The highest BCUT2D eigenvalue weighted by atomic mass is 79.9. The van der Waals surface area contributed by atoms with E-state index in [-0.39, 0.29) is 6.42 Å². The van der Waals surface area contributed by atoms with Crippen LogP contribution in [0, 0.1) is 0 Å². The third-order valence-corrected chi connectivity index (χ3v) is 3.17. The predicted molar refractivity (Wildman–Crippen MR) is 69.6 cm³/mol. The molecule has 0 aliphatic heterocycles. The minimum absolute atomic E-state index is 0.197. The zero-order valence-corrected chi connectivity index (χ0v) is 11.2. The van der Waals surface area contributed by atoms with E-state index in [1.54, 1.807) is 11.0 Å². The highest BCUT2D eigenvalue weighted by molar-refractivity contribution is 9.10. The maximum atomic E-state index is 10.4. The number of rotatable bonds is 5. The number of hydrogen-bond acceptors (Lipinski definition) is 3. The minimum Gasteiger partial charge on any atom is -0.481 e. The third-order valence-electron chi connectivity index (χ3n) is 2.53. The second-order valence-corrected chi connectivity index (χ2v) is 4.73. The largest absolute Gasteiger partial charge is 0.481 e. The first-order valence-electron chi connectivity index (χ1n) is 5.52. The molecule has 1 N–H and O–H groups in total. The van der Waals surface area contributed by atoms with Gasteiger partial charge in [0.25, 0.3) is 0 Å². The van der Waals surface area contributed by atoms with Crippen LogP contribution >= 0.6 is 15.9 Å². The fourth-order valence-electron chi connectivity index (χ4n) is 1.67. The van der Waals surface area contributed by atoms with Crippen LogP contribution in [0.2, 0.25) is 0 Å². The number of aromatic nitrogens is 3. The molecule has 0 amide bonds. The quantitative estimate of drug-likeness (QED) is 0.921. The van der Waals surface area contributed by atoms with Gasteiger partial charge < -0.3 is 5.11 Å². The zero-order chi connectivity index (χ0) is 13.0. The molecular formula is C12H12BrN3O2. The molecule has 2 rings (SSSR count). The lowest BCUT2D eigenvalue weighted by atomic mass is 10.1. The van der Waals surface area contributed by atoms with Crippen molar-refractivity contribution >= 4 is 21.9 Å². The molecule has 0 radical (unpaired) electrons. The van der Waals surface area contributed by atoms with Crippen molar-refractivity contribution in [3.8, 4) is 5.69 Å². The molecule has 0 saturated carbocycles. The second kappa shape index (κ2) is 5.77. The molecule has 0 bridgehead atoms. The Kier molecular flexibility index (Phi) is 4.09. The molecule has 5 nitrogen and oxygen atoms in total. The molecule has 0 aliphatic rings. The summed E-state index contributed by atoms with van der Waals surface area (Å²) in [5, 5.41) is 12.6. The number of carboxylic acid groups (broad SMARTS) is 1. The molecular weight excluding hydrogens is 298 g/mol. The van der Waals surface area contributed by atoms with Gasteiger partial charge in [-0.1, -0.05) is 6.07 Å². The Balaban J connectivity index is 2.08. The molecule has 18 heavy (non-hydrogen) atoms. The van der Waals surface area contributed by atoms with Crippen LogP contribution in [0.1, 0.15) is 18.4 Å². The van der Waals surface area contributed by atoms with Gasteiger partial charge in [-0.05, 0) is 46.5 Å². The number of halogens is 1. The van der Waals surface area contributed by atoms with Crippen LogP contribution in [0.15, 0.2) is 35.3 Å². The van der Waals surface area contributed by atoms with Crippen molar-refractivity contribution in [1.82, 2.24) is 14.8 Å². The van der Waals surface area contributed by atoms with E-state index in [0.717, 1.165) is 22.1 Å². The van der Waals surface area contributed by atoms with Gasteiger partial charge in [-0.25, -0.2) is 9.67 Å². The van der Waals surface area contributed by atoms with Crippen molar-refractivity contribution in [2.75, 3.05) is 0 Å². The molecule has 0 fully saturated rings. The number of carbonyl (C=O) groups is 1. The van der Waals surface area contributed by atoms with Crippen LogP contribution in [-0.2, 0) is 11.2 Å². The van der Waals surface area contributed by atoms with Crippen LogP contribution in [0.4, 0.5) is 0 Å². The highest BCUT2D eigenvalue weighted by Gasteiger charge is 2.05. The Morgan fingerprint density at radius 3 is 2.89 bits per heavy atom. The normalized spacial score (nSPS) is 10.5. The van der Waals surface area contributed by atoms with Crippen molar-refractivity contribution in [1.29, 1.82) is 0 Å². The standard InChI is InChI=1S/C12H12BrN3O2/c13-10-6-9(2-1-3-12(17)18)4-5-11(10)16-8-14-7-15-16/h4-8H,1-3H2,(H,17,18). The lowest BCUT2D eigenvalue weighted by Gasteiger charge is -2.06. The van der Waals surface area contributed by atoms with E-state index in [4.69, 9.17) is 5.11 Å². The lowest BCUT2D eigenvalue weighted by Crippen LogP contribution is -1.98. The second-order valence-electron chi connectivity index (χ2n) is 3.87. The molecule has 94 valence electrons. The maximum Gasteiger partial charge on any atom is 0.303 e. The van der Waals surface area contributed by atoms with Gasteiger partial charge in [-0.15, -0.1) is 0 Å². The first kappa shape index (κ1) is 12.8. The van der Waals surface area contributed by atoms with Crippen molar-refractivity contribution < 1.29 is 9.90 Å². The topological polar surface area (TPSA) is 68.0 Å². The third kappa shape index (κ3) is 3.16. The Morgan fingerprint density at radius 2 is 2.28 bits per heavy atom. The van der Waals surface area contributed by atoms with Crippen LogP contribution in [0.5, 0.6) is 0 Å². The summed E-state index contributed by atoms with van der Waals surface area (Å²) in [6, 6.07) is 5.90. The maximum absolute atomic E-state index is 10.4. The minimum atomic E-state index is -0.756. The lowest BCUT2D eigenvalue weighted by molar-refractivity contribution is -0.137. The Bertz CT molecular complexity index is 540. The van der Waals surface area contributed by atoms with Gasteiger partial charge in [0.1, 0.15) is 12.7 Å². The van der Waals surface area contributed by atoms with Gasteiger partial charge in [0.2, 0.25) is 0 Å². The van der Waals surface area contributed by atoms with E-state index >= 15 is 0 Å². The summed E-state index contributed by atoms with van der Waals surface area (Å²) in [7, 11) is 0. The average molecular weight is 310 g/mol. The van der Waals surface area contributed by atoms with Gasteiger partial charge in [0.05, 0.1) is 5.69 Å². The molecule has 2 aromatic rings. The number of hydrogen-bond donors (Lipinski definition) is 1. The summed E-state index contributed by atoms with van der Waals surface area (Å²) in [4.78, 5) is 14.3. The first-order chi connectivity index (χ1) is 8.66. The molecule has 0 saturated heterocycles. The van der Waals surface area contributed by atoms with E-state index in [1.165, 1.54) is 6.33 Å². The smallest absolute Gasteiger partial charge is 0.303 e. The van der Waals surface area contributed by atoms with Crippen molar-refractivity contribution in [3.05, 3.63) is 40.9 Å².